The lowest BCUT2D eigenvalue weighted by Crippen LogP contribution is -2.37. The molecule has 0 aromatic heterocycles. The fraction of sp³-hybridized carbons (Fsp3) is 0.462. The third kappa shape index (κ3) is 3.19. The second-order valence-corrected chi connectivity index (χ2v) is 7.08. The molecule has 0 aliphatic carbocycles. The summed E-state index contributed by atoms with van der Waals surface area (Å²) >= 11 is 10.6. The number of benzene rings is 1. The van der Waals surface area contributed by atoms with Gasteiger partial charge in [-0.25, -0.2) is 0 Å². The van der Waals surface area contributed by atoms with Crippen LogP contribution in [0.1, 0.15) is 18.9 Å². The van der Waals surface area contributed by atoms with E-state index in [1.54, 1.807) is 0 Å². The van der Waals surface area contributed by atoms with E-state index in [4.69, 9.17) is 18.0 Å². The molecule has 1 unspecified atom stereocenters. The van der Waals surface area contributed by atoms with Gasteiger partial charge in [-0.05, 0) is 40.5 Å². The molecule has 5 heteroatoms. The van der Waals surface area contributed by atoms with Gasteiger partial charge in [0.05, 0.1) is 0 Å². The highest BCUT2D eigenvalue weighted by Gasteiger charge is 2.19. The Morgan fingerprint density at radius 3 is 3.00 bits per heavy atom. The van der Waals surface area contributed by atoms with Crippen LogP contribution in [0.5, 0.6) is 0 Å². The first kappa shape index (κ1) is 14.2. The molecule has 0 spiro atoms. The van der Waals surface area contributed by atoms with E-state index in [0.29, 0.717) is 4.99 Å². The second-order valence-electron chi connectivity index (χ2n) is 4.38. The molecule has 0 bridgehead atoms. The van der Waals surface area contributed by atoms with Crippen molar-refractivity contribution in [2.45, 2.75) is 18.6 Å². The normalized spacial score (nSPS) is 19.9. The Bertz CT molecular complexity index is 451. The van der Waals surface area contributed by atoms with Gasteiger partial charge in [0.2, 0.25) is 0 Å². The van der Waals surface area contributed by atoms with Crippen LogP contribution in [0.25, 0.3) is 0 Å². The molecule has 0 saturated carbocycles. The summed E-state index contributed by atoms with van der Waals surface area (Å²) in [5, 5.41) is 0.743. The molecule has 1 saturated heterocycles. The molecule has 0 radical (unpaired) electrons. The third-order valence-corrected chi connectivity index (χ3v) is 5.43. The number of nitrogens with two attached hydrogens (primary N) is 1. The summed E-state index contributed by atoms with van der Waals surface area (Å²) in [4.78, 5) is 2.88. The highest BCUT2D eigenvalue weighted by atomic mass is 79.9. The lowest BCUT2D eigenvalue weighted by atomic mass is 10.2. The van der Waals surface area contributed by atoms with Crippen molar-refractivity contribution < 1.29 is 0 Å². The molecular weight excluding hydrogens is 328 g/mol. The van der Waals surface area contributed by atoms with Crippen LogP contribution in [0.3, 0.4) is 0 Å². The molecule has 1 aromatic rings. The Morgan fingerprint density at radius 1 is 1.61 bits per heavy atom. The fourth-order valence-electron chi connectivity index (χ4n) is 2.10. The average Bonchev–Trinajstić information content (AvgIpc) is 2.38. The Labute approximate surface area is 126 Å². The van der Waals surface area contributed by atoms with E-state index in [-0.39, 0.29) is 0 Å². The van der Waals surface area contributed by atoms with Crippen LogP contribution in [-0.4, -0.2) is 29.1 Å². The maximum absolute atomic E-state index is 5.67. The summed E-state index contributed by atoms with van der Waals surface area (Å²) in [7, 11) is 0. The fourth-order valence-corrected chi connectivity index (χ4v) is 4.17. The molecule has 18 heavy (non-hydrogen) atoms. The van der Waals surface area contributed by atoms with Gasteiger partial charge in [-0.3, -0.25) is 0 Å². The summed E-state index contributed by atoms with van der Waals surface area (Å²) in [5.41, 5.74) is 7.83. The van der Waals surface area contributed by atoms with E-state index in [0.717, 1.165) is 28.4 Å². The largest absolute Gasteiger partial charge is 0.389 e. The van der Waals surface area contributed by atoms with Crippen LogP contribution < -0.4 is 10.6 Å². The van der Waals surface area contributed by atoms with E-state index in [9.17, 15) is 0 Å². The zero-order valence-electron chi connectivity index (χ0n) is 10.4. The highest BCUT2D eigenvalue weighted by Crippen LogP contribution is 2.29. The van der Waals surface area contributed by atoms with Gasteiger partial charge in [-0.15, -0.1) is 0 Å². The van der Waals surface area contributed by atoms with Crippen molar-refractivity contribution in [2.24, 2.45) is 5.73 Å². The van der Waals surface area contributed by atoms with Crippen molar-refractivity contribution in [3.63, 3.8) is 0 Å². The number of thiocarbonyl (C=S) groups is 1. The van der Waals surface area contributed by atoms with Crippen LogP contribution in [0.15, 0.2) is 22.7 Å². The van der Waals surface area contributed by atoms with Gasteiger partial charge >= 0.3 is 0 Å². The molecule has 2 N–H and O–H groups in total. The molecule has 2 rings (SSSR count). The van der Waals surface area contributed by atoms with Crippen molar-refractivity contribution >= 4 is 50.6 Å². The van der Waals surface area contributed by atoms with Crippen LogP contribution in [0.4, 0.5) is 5.69 Å². The van der Waals surface area contributed by atoms with Gasteiger partial charge in [0.25, 0.3) is 0 Å². The van der Waals surface area contributed by atoms with Crippen molar-refractivity contribution in [3.8, 4) is 0 Å². The molecule has 1 aliphatic heterocycles. The first-order chi connectivity index (χ1) is 8.61. The molecular formula is C13H17BrN2S2. The first-order valence-corrected chi connectivity index (χ1v) is 8.32. The number of hydrogen-bond acceptors (Lipinski definition) is 3. The molecule has 1 heterocycles. The molecule has 2 nitrogen and oxygen atoms in total. The topological polar surface area (TPSA) is 29.3 Å². The number of halogens is 1. The van der Waals surface area contributed by atoms with Gasteiger partial charge in [-0.2, -0.15) is 11.8 Å². The molecule has 1 atom stereocenters. The molecule has 1 aliphatic rings. The predicted octanol–water partition coefficient (Wildman–Crippen LogP) is 3.42. The van der Waals surface area contributed by atoms with Gasteiger partial charge in [0, 0.05) is 39.8 Å². The predicted molar refractivity (Wildman–Crippen MR) is 88.8 cm³/mol. The Balaban J connectivity index is 2.18. The average molecular weight is 345 g/mol. The summed E-state index contributed by atoms with van der Waals surface area (Å²) in [6, 6.07) is 6.24. The summed E-state index contributed by atoms with van der Waals surface area (Å²) < 4.78 is 0.985. The van der Waals surface area contributed by atoms with Crippen LogP contribution in [0, 0.1) is 0 Å². The van der Waals surface area contributed by atoms with Crippen LogP contribution >= 0.6 is 39.9 Å². The van der Waals surface area contributed by atoms with Crippen molar-refractivity contribution in [1.82, 2.24) is 0 Å². The molecule has 1 fully saturated rings. The van der Waals surface area contributed by atoms with Gasteiger partial charge in [0.15, 0.2) is 0 Å². The Kier molecular flexibility index (Phi) is 4.92. The second kappa shape index (κ2) is 6.26. The van der Waals surface area contributed by atoms with E-state index in [2.05, 4.69) is 51.6 Å². The number of nitrogens with zero attached hydrogens (tertiary/aromatic N) is 1. The van der Waals surface area contributed by atoms with Crippen LogP contribution in [0.2, 0.25) is 0 Å². The monoisotopic (exact) mass is 344 g/mol. The summed E-state index contributed by atoms with van der Waals surface area (Å²) in [5.74, 6) is 1.20. The maximum atomic E-state index is 5.67. The molecule has 1 aromatic carbocycles. The van der Waals surface area contributed by atoms with Gasteiger partial charge in [0.1, 0.15) is 4.99 Å². The van der Waals surface area contributed by atoms with E-state index >= 15 is 0 Å². The minimum atomic E-state index is 0.439. The summed E-state index contributed by atoms with van der Waals surface area (Å²) in [6.45, 7) is 4.49. The smallest absolute Gasteiger partial charge is 0.105 e. The number of rotatable bonds is 3. The minimum Gasteiger partial charge on any atom is -0.389 e. The summed E-state index contributed by atoms with van der Waals surface area (Å²) in [6.07, 6.45) is 1.23. The standard InChI is InChI=1S/C13H17BrN2S2/c1-2-10-8-16(5-6-18-10)9-3-4-11(13(15)17)12(14)7-9/h3-4,7,10H,2,5-6,8H2,1H3,(H2,15,17). The Morgan fingerprint density at radius 2 is 2.39 bits per heavy atom. The maximum Gasteiger partial charge on any atom is 0.105 e. The SMILES string of the molecule is CCC1CN(c2ccc(C(N)=S)c(Br)c2)CCS1. The lowest BCUT2D eigenvalue weighted by Gasteiger charge is -2.33. The van der Waals surface area contributed by atoms with Crippen molar-refractivity contribution in [2.75, 3.05) is 23.7 Å². The zero-order valence-corrected chi connectivity index (χ0v) is 13.6. The van der Waals surface area contributed by atoms with Gasteiger partial charge < -0.3 is 10.6 Å². The van der Waals surface area contributed by atoms with Gasteiger partial charge in [-0.1, -0.05) is 19.1 Å². The van der Waals surface area contributed by atoms with E-state index in [1.165, 1.54) is 17.9 Å². The highest BCUT2D eigenvalue weighted by molar-refractivity contribution is 9.10. The Hall–Kier alpha value is -0.260. The van der Waals surface area contributed by atoms with Crippen LogP contribution in [-0.2, 0) is 0 Å². The number of hydrogen-bond donors (Lipinski definition) is 1. The first-order valence-electron chi connectivity index (χ1n) is 6.07. The number of anilines is 1. The lowest BCUT2D eigenvalue weighted by molar-refractivity contribution is 0.728. The minimum absolute atomic E-state index is 0.439. The molecule has 0 amide bonds. The molecule has 98 valence electrons. The van der Waals surface area contributed by atoms with Crippen molar-refractivity contribution in [1.29, 1.82) is 0 Å². The number of thioether (sulfide) groups is 1. The van der Waals surface area contributed by atoms with E-state index < -0.39 is 0 Å². The third-order valence-electron chi connectivity index (χ3n) is 3.18. The van der Waals surface area contributed by atoms with Crippen molar-refractivity contribution in [3.05, 3.63) is 28.2 Å². The quantitative estimate of drug-likeness (QED) is 0.850. The van der Waals surface area contributed by atoms with E-state index in [1.807, 2.05) is 6.07 Å². The zero-order chi connectivity index (χ0) is 13.1.